The van der Waals surface area contributed by atoms with Crippen LogP contribution in [0, 0.1) is 6.92 Å². The maximum absolute atomic E-state index is 5.52. The van der Waals surface area contributed by atoms with E-state index in [2.05, 4.69) is 83.7 Å². The van der Waals surface area contributed by atoms with Crippen LogP contribution in [0.15, 0.2) is 76.8 Å². The van der Waals surface area contributed by atoms with E-state index in [1.165, 1.54) is 36.6 Å². The maximum atomic E-state index is 5.52. The summed E-state index contributed by atoms with van der Waals surface area (Å²) in [5.41, 5.74) is 5.35. The monoisotopic (exact) mass is 434 g/mol. The smallest absolute Gasteiger partial charge is 0.268 e. The second kappa shape index (κ2) is 9.72. The molecule has 0 saturated carbocycles. The number of rotatable bonds is 8. The highest BCUT2D eigenvalue weighted by Crippen LogP contribution is 2.34. The Morgan fingerprint density at radius 3 is 1.97 bits per heavy atom. The zero-order valence-corrected chi connectivity index (χ0v) is 19.1. The molecule has 0 aliphatic carbocycles. The van der Waals surface area contributed by atoms with Crippen LogP contribution in [-0.4, -0.2) is 20.4 Å². The van der Waals surface area contributed by atoms with E-state index in [4.69, 9.17) is 4.74 Å². The molecule has 146 valence electrons. The van der Waals surface area contributed by atoms with Gasteiger partial charge in [0.1, 0.15) is 0 Å². The molecule has 3 heterocycles. The zero-order valence-electron chi connectivity index (χ0n) is 16.6. The molecule has 4 aromatic rings. The number of thiophene rings is 3. The molecule has 0 spiro atoms. The number of hydrogen-bond acceptors (Lipinski definition) is 4. The summed E-state index contributed by atoms with van der Waals surface area (Å²) in [4.78, 5) is 1.34. The van der Waals surface area contributed by atoms with Gasteiger partial charge in [0.25, 0.3) is 6.71 Å². The van der Waals surface area contributed by atoms with Crippen LogP contribution in [0.1, 0.15) is 22.4 Å². The van der Waals surface area contributed by atoms with E-state index < -0.39 is 0 Å². The fourth-order valence-electron chi connectivity index (χ4n) is 3.63. The standard InChI is InChI=1S/C24H23BOS3/c1-18-9-11-19(12-10-18)20(13-14-26-2)24(21-6-3-15-27-21)25(22-7-4-16-28-22)23-8-5-17-29-23/h3-12,15-17H,13-14H2,1-2H3/b24-20+. The Kier molecular flexibility index (Phi) is 6.83. The van der Waals surface area contributed by atoms with Crippen molar-refractivity contribution in [2.24, 2.45) is 0 Å². The lowest BCUT2D eigenvalue weighted by Crippen LogP contribution is -2.40. The summed E-state index contributed by atoms with van der Waals surface area (Å²) in [6, 6.07) is 22.2. The number of aryl methyl sites for hydroxylation is 1. The average Bonchev–Trinajstić information content (AvgIpc) is 3.51. The molecule has 1 aromatic carbocycles. The molecule has 4 rings (SSSR count). The minimum atomic E-state index is 0.238. The summed E-state index contributed by atoms with van der Waals surface area (Å²) < 4.78 is 8.29. The molecule has 5 heteroatoms. The Labute approximate surface area is 185 Å². The van der Waals surface area contributed by atoms with Crippen molar-refractivity contribution in [1.29, 1.82) is 0 Å². The molecule has 0 saturated heterocycles. The van der Waals surface area contributed by atoms with Crippen LogP contribution in [-0.2, 0) is 4.74 Å². The van der Waals surface area contributed by atoms with E-state index in [0.717, 1.165) is 6.42 Å². The number of benzene rings is 1. The SMILES string of the molecule is COCC/C(=C(\B(c1cccs1)c1cccs1)c1cccs1)c1ccc(C)cc1. The van der Waals surface area contributed by atoms with Crippen molar-refractivity contribution in [2.45, 2.75) is 13.3 Å². The van der Waals surface area contributed by atoms with Crippen LogP contribution in [0.4, 0.5) is 0 Å². The quantitative estimate of drug-likeness (QED) is 0.310. The second-order valence-electron chi connectivity index (χ2n) is 6.94. The maximum Gasteiger partial charge on any atom is 0.268 e. The third-order valence-corrected chi connectivity index (χ3v) is 7.79. The molecule has 0 amide bonds. The summed E-state index contributed by atoms with van der Waals surface area (Å²) >= 11 is 5.50. The Bertz CT molecular complexity index is 996. The van der Waals surface area contributed by atoms with Crippen LogP contribution in [0.2, 0.25) is 0 Å². The van der Waals surface area contributed by atoms with Crippen molar-refractivity contribution in [3.8, 4) is 0 Å². The summed E-state index contributed by atoms with van der Waals surface area (Å²) in [5.74, 6) is 0. The molecule has 3 aromatic heterocycles. The van der Waals surface area contributed by atoms with Gasteiger partial charge >= 0.3 is 0 Å². The van der Waals surface area contributed by atoms with Gasteiger partial charge in [0.05, 0.1) is 6.61 Å². The van der Waals surface area contributed by atoms with Crippen molar-refractivity contribution in [1.82, 2.24) is 0 Å². The lowest BCUT2D eigenvalue weighted by Gasteiger charge is -2.21. The summed E-state index contributed by atoms with van der Waals surface area (Å²) in [6.07, 6.45) is 0.889. The second-order valence-corrected chi connectivity index (χ2v) is 9.85. The fourth-order valence-corrected chi connectivity index (χ4v) is 6.23. The largest absolute Gasteiger partial charge is 0.384 e. The van der Waals surface area contributed by atoms with E-state index >= 15 is 0 Å². The molecule has 29 heavy (non-hydrogen) atoms. The lowest BCUT2D eigenvalue weighted by atomic mass is 9.41. The molecule has 0 unspecified atom stereocenters. The van der Waals surface area contributed by atoms with Gasteiger partial charge in [0.15, 0.2) is 0 Å². The van der Waals surface area contributed by atoms with Crippen molar-refractivity contribution < 1.29 is 4.74 Å². The molecule has 0 aliphatic heterocycles. The summed E-state index contributed by atoms with van der Waals surface area (Å²) in [7, 11) is 1.79. The normalized spacial score (nSPS) is 12.1. The zero-order chi connectivity index (χ0) is 20.1. The first-order valence-electron chi connectivity index (χ1n) is 9.67. The Balaban J connectivity index is 1.98. The highest BCUT2D eigenvalue weighted by atomic mass is 32.1. The topological polar surface area (TPSA) is 9.23 Å². The number of hydrogen-bond donors (Lipinski definition) is 0. The lowest BCUT2D eigenvalue weighted by molar-refractivity contribution is 0.206. The van der Waals surface area contributed by atoms with Gasteiger partial charge in [-0.05, 0) is 61.7 Å². The summed E-state index contributed by atoms with van der Waals surface area (Å²) in [5, 5.41) is 6.55. The molecule has 1 nitrogen and oxygen atoms in total. The van der Waals surface area contributed by atoms with E-state index in [0.29, 0.717) is 6.61 Å². The molecule has 0 N–H and O–H groups in total. The summed E-state index contributed by atoms with van der Waals surface area (Å²) in [6.45, 7) is 3.09. The van der Waals surface area contributed by atoms with Gasteiger partial charge in [0, 0.05) is 12.0 Å². The highest BCUT2D eigenvalue weighted by molar-refractivity contribution is 7.35. The third kappa shape index (κ3) is 4.64. The van der Waals surface area contributed by atoms with Crippen molar-refractivity contribution in [2.75, 3.05) is 13.7 Å². The molecular weight excluding hydrogens is 411 g/mol. The predicted octanol–water partition coefficient (Wildman–Crippen LogP) is 5.98. The van der Waals surface area contributed by atoms with E-state index in [-0.39, 0.29) is 6.71 Å². The molecular formula is C24H23BOS3. The molecule has 0 bridgehead atoms. The van der Waals surface area contributed by atoms with Crippen LogP contribution >= 0.6 is 34.0 Å². The molecule has 0 radical (unpaired) electrons. The van der Waals surface area contributed by atoms with Gasteiger partial charge in [0.2, 0.25) is 0 Å². The first kappa shape index (κ1) is 20.4. The van der Waals surface area contributed by atoms with E-state index in [1.807, 2.05) is 34.0 Å². The first-order valence-corrected chi connectivity index (χ1v) is 12.3. The van der Waals surface area contributed by atoms with E-state index in [9.17, 15) is 0 Å². The van der Waals surface area contributed by atoms with Crippen LogP contribution < -0.4 is 9.55 Å². The predicted molar refractivity (Wildman–Crippen MR) is 132 cm³/mol. The van der Waals surface area contributed by atoms with Gasteiger partial charge in [-0.1, -0.05) is 60.2 Å². The van der Waals surface area contributed by atoms with Gasteiger partial charge in [-0.2, -0.15) is 22.7 Å². The minimum Gasteiger partial charge on any atom is -0.384 e. The number of methoxy groups -OCH3 is 1. The molecule has 0 atom stereocenters. The van der Waals surface area contributed by atoms with Crippen LogP contribution in [0.3, 0.4) is 0 Å². The van der Waals surface area contributed by atoms with Gasteiger partial charge in [-0.25, -0.2) is 0 Å². The van der Waals surface area contributed by atoms with Crippen molar-refractivity contribution in [3.05, 3.63) is 92.8 Å². The third-order valence-electron chi connectivity index (χ3n) is 5.01. The molecule has 0 fully saturated rings. The Hall–Kier alpha value is -1.92. The fraction of sp³-hybridized carbons (Fsp3) is 0.167. The Morgan fingerprint density at radius 1 is 0.828 bits per heavy atom. The van der Waals surface area contributed by atoms with E-state index in [1.54, 1.807) is 7.11 Å². The minimum absolute atomic E-state index is 0.238. The Morgan fingerprint density at radius 2 is 1.45 bits per heavy atom. The van der Waals surface area contributed by atoms with Crippen molar-refractivity contribution >= 4 is 61.3 Å². The number of ether oxygens (including phenoxy) is 1. The highest BCUT2D eigenvalue weighted by Gasteiger charge is 2.30. The molecule has 0 aliphatic rings. The van der Waals surface area contributed by atoms with Crippen LogP contribution in [0.25, 0.3) is 11.0 Å². The van der Waals surface area contributed by atoms with Crippen LogP contribution in [0.5, 0.6) is 0 Å². The van der Waals surface area contributed by atoms with Gasteiger partial charge in [-0.3, -0.25) is 0 Å². The average molecular weight is 434 g/mol. The first-order chi connectivity index (χ1) is 14.3. The van der Waals surface area contributed by atoms with Crippen molar-refractivity contribution in [3.63, 3.8) is 0 Å². The van der Waals surface area contributed by atoms with Gasteiger partial charge < -0.3 is 4.74 Å². The van der Waals surface area contributed by atoms with Gasteiger partial charge in [-0.15, -0.1) is 11.3 Å².